The Kier molecular flexibility index (Phi) is 4.27. The molecule has 0 atom stereocenters. The molecular weight excluding hydrogens is 359 g/mol. The highest BCUT2D eigenvalue weighted by Crippen LogP contribution is 2.31. The summed E-state index contributed by atoms with van der Waals surface area (Å²) in [7, 11) is 0. The van der Waals surface area contributed by atoms with Crippen LogP contribution in [0.4, 0.5) is 11.4 Å². The maximum Gasteiger partial charge on any atom is 0.119 e. The third-order valence-electron chi connectivity index (χ3n) is 4.45. The monoisotopic (exact) mass is 374 g/mol. The van der Waals surface area contributed by atoms with E-state index in [0.29, 0.717) is 10.0 Å². The number of aromatic hydroxyl groups is 1. The Balaban J connectivity index is 1.57. The fourth-order valence-corrected chi connectivity index (χ4v) is 3.67. The van der Waals surface area contributed by atoms with Gasteiger partial charge in [-0.05, 0) is 18.2 Å². The number of hydrogen-bond donors (Lipinski definition) is 1. The van der Waals surface area contributed by atoms with Crippen LogP contribution in [0.2, 0.25) is 10.0 Å². The maximum atomic E-state index is 9.75. The second-order valence-electron chi connectivity index (χ2n) is 6.01. The van der Waals surface area contributed by atoms with Crippen molar-refractivity contribution >= 4 is 45.5 Å². The third-order valence-corrected chi connectivity index (χ3v) is 4.98. The van der Waals surface area contributed by atoms with Gasteiger partial charge < -0.3 is 14.9 Å². The predicted octanol–water partition coefficient (Wildman–Crippen LogP) is 3.97. The van der Waals surface area contributed by atoms with Crippen LogP contribution in [-0.2, 0) is 0 Å². The predicted molar refractivity (Wildman–Crippen MR) is 102 cm³/mol. The molecule has 128 valence electrons. The van der Waals surface area contributed by atoms with E-state index in [9.17, 15) is 5.11 Å². The molecule has 1 aliphatic heterocycles. The SMILES string of the molecule is Oc1cc(Cl)cc(N2CCN(c3cnnc4c(Cl)cccc34)CC2)c1. The highest BCUT2D eigenvalue weighted by molar-refractivity contribution is 6.35. The molecule has 0 radical (unpaired) electrons. The first kappa shape index (κ1) is 16.2. The van der Waals surface area contributed by atoms with Gasteiger partial charge in [-0.2, -0.15) is 5.10 Å². The molecular formula is C18H16Cl2N4O. The van der Waals surface area contributed by atoms with Gasteiger partial charge in [-0.3, -0.25) is 0 Å². The van der Waals surface area contributed by atoms with Crippen LogP contribution in [0.1, 0.15) is 0 Å². The molecule has 25 heavy (non-hydrogen) atoms. The minimum atomic E-state index is 0.184. The van der Waals surface area contributed by atoms with E-state index in [1.54, 1.807) is 18.3 Å². The summed E-state index contributed by atoms with van der Waals surface area (Å²) in [6.45, 7) is 3.31. The number of nitrogens with zero attached hydrogens (tertiary/aromatic N) is 4. The molecule has 0 spiro atoms. The van der Waals surface area contributed by atoms with Crippen molar-refractivity contribution in [1.82, 2.24) is 10.2 Å². The summed E-state index contributed by atoms with van der Waals surface area (Å²) >= 11 is 12.3. The van der Waals surface area contributed by atoms with Crippen LogP contribution in [0, 0.1) is 0 Å². The average Bonchev–Trinajstić information content (AvgIpc) is 2.61. The summed E-state index contributed by atoms with van der Waals surface area (Å²) in [6.07, 6.45) is 1.79. The third kappa shape index (κ3) is 3.17. The van der Waals surface area contributed by atoms with Crippen molar-refractivity contribution in [2.75, 3.05) is 36.0 Å². The number of hydrogen-bond acceptors (Lipinski definition) is 5. The minimum absolute atomic E-state index is 0.184. The number of aromatic nitrogens is 2. The van der Waals surface area contributed by atoms with Gasteiger partial charge in [0, 0.05) is 48.3 Å². The fourth-order valence-electron chi connectivity index (χ4n) is 3.23. The van der Waals surface area contributed by atoms with Gasteiger partial charge in [-0.25, -0.2) is 0 Å². The number of phenolic OH excluding ortho intramolecular Hbond substituents is 1. The topological polar surface area (TPSA) is 52.5 Å². The molecule has 1 N–H and O–H groups in total. The van der Waals surface area contributed by atoms with E-state index < -0.39 is 0 Å². The Labute approximate surface area is 155 Å². The van der Waals surface area contributed by atoms with Crippen molar-refractivity contribution in [1.29, 1.82) is 0 Å². The number of rotatable bonds is 2. The summed E-state index contributed by atoms with van der Waals surface area (Å²) in [5.41, 5.74) is 2.70. The molecule has 0 aliphatic carbocycles. The molecule has 1 aliphatic rings. The Bertz CT molecular complexity index is 906. The molecule has 0 bridgehead atoms. The van der Waals surface area contributed by atoms with Gasteiger partial charge in [0.15, 0.2) is 0 Å². The van der Waals surface area contributed by atoms with E-state index in [1.807, 2.05) is 24.3 Å². The molecule has 0 unspecified atom stereocenters. The molecule has 1 saturated heterocycles. The van der Waals surface area contributed by atoms with Crippen LogP contribution in [0.5, 0.6) is 5.75 Å². The van der Waals surface area contributed by atoms with E-state index in [0.717, 1.165) is 48.5 Å². The Morgan fingerprint density at radius 2 is 1.72 bits per heavy atom. The molecule has 5 nitrogen and oxygen atoms in total. The van der Waals surface area contributed by atoms with E-state index in [-0.39, 0.29) is 5.75 Å². The average molecular weight is 375 g/mol. The van der Waals surface area contributed by atoms with Crippen molar-refractivity contribution in [2.24, 2.45) is 0 Å². The first-order valence-electron chi connectivity index (χ1n) is 8.01. The summed E-state index contributed by atoms with van der Waals surface area (Å²) in [5.74, 6) is 0.184. The molecule has 0 saturated carbocycles. The lowest BCUT2D eigenvalue weighted by Crippen LogP contribution is -2.46. The van der Waals surface area contributed by atoms with Crippen LogP contribution in [0.3, 0.4) is 0 Å². The van der Waals surface area contributed by atoms with Crippen LogP contribution >= 0.6 is 23.2 Å². The lowest BCUT2D eigenvalue weighted by molar-refractivity contribution is 0.475. The number of phenols is 1. The van der Waals surface area contributed by atoms with Crippen molar-refractivity contribution < 1.29 is 5.11 Å². The van der Waals surface area contributed by atoms with Gasteiger partial charge in [0.2, 0.25) is 0 Å². The standard InChI is InChI=1S/C18H16Cl2N4O/c19-12-8-13(10-14(25)9-12)23-4-6-24(7-5-23)17-11-21-22-18-15(17)2-1-3-16(18)20/h1-3,8-11,25H,4-7H2. The molecule has 1 fully saturated rings. The largest absolute Gasteiger partial charge is 0.508 e. The first-order chi connectivity index (χ1) is 12.1. The molecule has 2 aromatic carbocycles. The fraction of sp³-hybridized carbons (Fsp3) is 0.222. The van der Waals surface area contributed by atoms with Crippen LogP contribution in [-0.4, -0.2) is 41.5 Å². The van der Waals surface area contributed by atoms with E-state index in [1.165, 1.54) is 0 Å². The second kappa shape index (κ2) is 6.58. The summed E-state index contributed by atoms with van der Waals surface area (Å²) in [5, 5.41) is 20.2. The Hall–Kier alpha value is -2.24. The van der Waals surface area contributed by atoms with Gasteiger partial charge >= 0.3 is 0 Å². The number of halogens is 2. The summed E-state index contributed by atoms with van der Waals surface area (Å²) in [6, 6.07) is 10.9. The lowest BCUT2D eigenvalue weighted by atomic mass is 10.1. The van der Waals surface area contributed by atoms with Crippen LogP contribution < -0.4 is 9.80 Å². The van der Waals surface area contributed by atoms with Gasteiger partial charge in [0.1, 0.15) is 11.3 Å². The summed E-state index contributed by atoms with van der Waals surface area (Å²) in [4.78, 5) is 4.50. The first-order valence-corrected chi connectivity index (χ1v) is 8.77. The van der Waals surface area contributed by atoms with Gasteiger partial charge in [-0.1, -0.05) is 35.3 Å². The molecule has 7 heteroatoms. The smallest absolute Gasteiger partial charge is 0.119 e. The lowest BCUT2D eigenvalue weighted by Gasteiger charge is -2.37. The number of benzene rings is 2. The molecule has 0 amide bonds. The second-order valence-corrected chi connectivity index (χ2v) is 6.85. The zero-order chi connectivity index (χ0) is 17.4. The highest BCUT2D eigenvalue weighted by atomic mass is 35.5. The molecule has 4 rings (SSSR count). The van der Waals surface area contributed by atoms with Gasteiger partial charge in [-0.15, -0.1) is 5.10 Å². The van der Waals surface area contributed by atoms with E-state index >= 15 is 0 Å². The number of anilines is 2. The van der Waals surface area contributed by atoms with Crippen molar-refractivity contribution in [3.05, 3.63) is 52.6 Å². The van der Waals surface area contributed by atoms with Crippen molar-refractivity contribution in [3.63, 3.8) is 0 Å². The van der Waals surface area contributed by atoms with Gasteiger partial charge in [0.05, 0.1) is 16.9 Å². The zero-order valence-corrected chi connectivity index (χ0v) is 14.9. The highest BCUT2D eigenvalue weighted by Gasteiger charge is 2.20. The maximum absolute atomic E-state index is 9.75. The minimum Gasteiger partial charge on any atom is -0.508 e. The number of piperazine rings is 1. The molecule has 3 aromatic rings. The van der Waals surface area contributed by atoms with Crippen molar-refractivity contribution in [3.8, 4) is 5.75 Å². The molecule has 1 aromatic heterocycles. The zero-order valence-electron chi connectivity index (χ0n) is 13.4. The van der Waals surface area contributed by atoms with Crippen LogP contribution in [0.15, 0.2) is 42.6 Å². The van der Waals surface area contributed by atoms with Crippen molar-refractivity contribution in [2.45, 2.75) is 0 Å². The Morgan fingerprint density at radius 1 is 0.960 bits per heavy atom. The Morgan fingerprint density at radius 3 is 2.48 bits per heavy atom. The quantitative estimate of drug-likeness (QED) is 0.735. The van der Waals surface area contributed by atoms with Gasteiger partial charge in [0.25, 0.3) is 0 Å². The van der Waals surface area contributed by atoms with E-state index in [4.69, 9.17) is 23.2 Å². The molecule has 2 heterocycles. The normalized spacial score (nSPS) is 15.0. The number of fused-ring (bicyclic) bond motifs is 1. The van der Waals surface area contributed by atoms with Crippen LogP contribution in [0.25, 0.3) is 10.9 Å². The summed E-state index contributed by atoms with van der Waals surface area (Å²) < 4.78 is 0. The van der Waals surface area contributed by atoms with E-state index in [2.05, 4.69) is 20.0 Å².